The summed E-state index contributed by atoms with van der Waals surface area (Å²) in [5.74, 6) is -0.282. The smallest absolute Gasteiger partial charge is 0.307 e. The first-order valence-corrected chi connectivity index (χ1v) is 7.46. The number of hydrogen-bond donors (Lipinski definition) is 0. The largest absolute Gasteiger partial charge is 0.469 e. The summed E-state index contributed by atoms with van der Waals surface area (Å²) in [5, 5.41) is 0. The van der Waals surface area contributed by atoms with Gasteiger partial charge in [0.05, 0.1) is 20.1 Å². The van der Waals surface area contributed by atoms with E-state index in [9.17, 15) is 9.59 Å². The van der Waals surface area contributed by atoms with E-state index in [0.717, 1.165) is 5.56 Å². The Hall–Kier alpha value is -1.88. The molecule has 0 aliphatic carbocycles. The predicted molar refractivity (Wildman–Crippen MR) is 84.6 cm³/mol. The lowest BCUT2D eigenvalue weighted by Crippen LogP contribution is -2.36. The van der Waals surface area contributed by atoms with Crippen LogP contribution in [0.2, 0.25) is 0 Å². The summed E-state index contributed by atoms with van der Waals surface area (Å²) in [6, 6.07) is 8.16. The average Bonchev–Trinajstić information content (AvgIpc) is 2.53. The second-order valence-electron chi connectivity index (χ2n) is 5.19. The molecule has 0 saturated carbocycles. The molecule has 0 fully saturated rings. The number of aryl methyl sites for hydroxylation is 2. The van der Waals surface area contributed by atoms with E-state index in [2.05, 4.69) is 4.74 Å². The summed E-state index contributed by atoms with van der Waals surface area (Å²) in [5.41, 5.74) is 2.34. The van der Waals surface area contributed by atoms with Crippen LogP contribution in [-0.4, -0.2) is 50.7 Å². The van der Waals surface area contributed by atoms with Crippen LogP contribution in [0.4, 0.5) is 0 Å². The van der Waals surface area contributed by atoms with Crippen molar-refractivity contribution in [3.8, 4) is 0 Å². The maximum Gasteiger partial charge on any atom is 0.307 e. The van der Waals surface area contributed by atoms with Crippen LogP contribution < -0.4 is 0 Å². The molecule has 1 aromatic carbocycles. The number of esters is 1. The van der Waals surface area contributed by atoms with Crippen LogP contribution in [0.1, 0.15) is 24.0 Å². The number of benzene rings is 1. The molecule has 0 bridgehead atoms. The lowest BCUT2D eigenvalue weighted by atomic mass is 10.1. The van der Waals surface area contributed by atoms with E-state index >= 15 is 0 Å². The molecule has 0 radical (unpaired) electrons. The quantitative estimate of drug-likeness (QED) is 0.655. The normalized spacial score (nSPS) is 10.3. The zero-order chi connectivity index (χ0) is 16.4. The number of carbonyl (C=O) groups is 2. The van der Waals surface area contributed by atoms with Crippen molar-refractivity contribution in [1.29, 1.82) is 0 Å². The SMILES string of the molecule is COCCN(CCC(=O)OC)C(=O)CCc1ccc(C)cc1. The second kappa shape index (κ2) is 9.95. The van der Waals surface area contributed by atoms with Crippen LogP contribution in [0.15, 0.2) is 24.3 Å². The minimum absolute atomic E-state index is 0.0292. The Morgan fingerprint density at radius 1 is 1.05 bits per heavy atom. The van der Waals surface area contributed by atoms with Gasteiger partial charge in [-0.25, -0.2) is 0 Å². The van der Waals surface area contributed by atoms with E-state index in [1.807, 2.05) is 31.2 Å². The van der Waals surface area contributed by atoms with Gasteiger partial charge in [-0.1, -0.05) is 29.8 Å². The number of methoxy groups -OCH3 is 2. The third kappa shape index (κ3) is 6.72. The summed E-state index contributed by atoms with van der Waals surface area (Å²) in [7, 11) is 2.94. The Kier molecular flexibility index (Phi) is 8.22. The second-order valence-corrected chi connectivity index (χ2v) is 5.19. The maximum atomic E-state index is 12.3. The van der Waals surface area contributed by atoms with Crippen molar-refractivity contribution in [2.45, 2.75) is 26.2 Å². The fourth-order valence-corrected chi connectivity index (χ4v) is 2.06. The molecule has 0 spiro atoms. The highest BCUT2D eigenvalue weighted by Gasteiger charge is 2.15. The summed E-state index contributed by atoms with van der Waals surface area (Å²) in [4.78, 5) is 25.2. The molecule has 1 aromatic rings. The Labute approximate surface area is 132 Å². The van der Waals surface area contributed by atoms with E-state index in [-0.39, 0.29) is 18.3 Å². The van der Waals surface area contributed by atoms with E-state index in [1.165, 1.54) is 12.7 Å². The fraction of sp³-hybridized carbons (Fsp3) is 0.529. The molecule has 5 nitrogen and oxygen atoms in total. The molecule has 0 aromatic heterocycles. The van der Waals surface area contributed by atoms with Gasteiger partial charge in [-0.2, -0.15) is 0 Å². The van der Waals surface area contributed by atoms with E-state index in [0.29, 0.717) is 32.5 Å². The monoisotopic (exact) mass is 307 g/mol. The van der Waals surface area contributed by atoms with Crippen molar-refractivity contribution in [3.63, 3.8) is 0 Å². The highest BCUT2D eigenvalue weighted by atomic mass is 16.5. The molecule has 22 heavy (non-hydrogen) atoms. The highest BCUT2D eigenvalue weighted by Crippen LogP contribution is 2.08. The number of ether oxygens (including phenoxy) is 2. The van der Waals surface area contributed by atoms with Crippen LogP contribution in [0.3, 0.4) is 0 Å². The van der Waals surface area contributed by atoms with Gasteiger partial charge in [0.25, 0.3) is 0 Å². The van der Waals surface area contributed by atoms with Gasteiger partial charge in [-0.15, -0.1) is 0 Å². The first-order chi connectivity index (χ1) is 10.6. The van der Waals surface area contributed by atoms with Crippen molar-refractivity contribution < 1.29 is 19.1 Å². The van der Waals surface area contributed by atoms with Gasteiger partial charge < -0.3 is 14.4 Å². The van der Waals surface area contributed by atoms with Crippen molar-refractivity contribution >= 4 is 11.9 Å². The van der Waals surface area contributed by atoms with Crippen LogP contribution >= 0.6 is 0 Å². The third-order valence-electron chi connectivity index (χ3n) is 3.48. The molecular weight excluding hydrogens is 282 g/mol. The van der Waals surface area contributed by atoms with Gasteiger partial charge in [-0.3, -0.25) is 9.59 Å². The van der Waals surface area contributed by atoms with Crippen LogP contribution in [-0.2, 0) is 25.5 Å². The Bertz CT molecular complexity index is 470. The number of nitrogens with zero attached hydrogens (tertiary/aromatic N) is 1. The van der Waals surface area contributed by atoms with E-state index < -0.39 is 0 Å². The van der Waals surface area contributed by atoms with E-state index in [1.54, 1.807) is 12.0 Å². The summed E-state index contributed by atoms with van der Waals surface area (Å²) >= 11 is 0. The van der Waals surface area contributed by atoms with Crippen LogP contribution in [0.5, 0.6) is 0 Å². The zero-order valence-corrected chi connectivity index (χ0v) is 13.6. The number of hydrogen-bond acceptors (Lipinski definition) is 4. The summed E-state index contributed by atoms with van der Waals surface area (Å²) in [6.07, 6.45) is 1.32. The van der Waals surface area contributed by atoms with E-state index in [4.69, 9.17) is 4.74 Å². The first-order valence-electron chi connectivity index (χ1n) is 7.46. The predicted octanol–water partition coefficient (Wildman–Crippen LogP) is 1.97. The lowest BCUT2D eigenvalue weighted by Gasteiger charge is -2.22. The third-order valence-corrected chi connectivity index (χ3v) is 3.48. The Balaban J connectivity index is 2.50. The molecule has 0 aliphatic rings. The maximum absolute atomic E-state index is 12.3. The minimum atomic E-state index is -0.311. The summed E-state index contributed by atoms with van der Waals surface area (Å²) < 4.78 is 9.64. The molecule has 0 heterocycles. The molecule has 1 amide bonds. The van der Waals surface area contributed by atoms with Gasteiger partial charge in [0.1, 0.15) is 0 Å². The lowest BCUT2D eigenvalue weighted by molar-refractivity contribution is -0.141. The fourth-order valence-electron chi connectivity index (χ4n) is 2.06. The molecule has 1 rings (SSSR count). The van der Waals surface area contributed by atoms with Crippen LogP contribution in [0.25, 0.3) is 0 Å². The first kappa shape index (κ1) is 18.2. The van der Waals surface area contributed by atoms with Gasteiger partial charge in [0.15, 0.2) is 0 Å². The summed E-state index contributed by atoms with van der Waals surface area (Å²) in [6.45, 7) is 3.34. The molecular formula is C17H25NO4. The van der Waals surface area contributed by atoms with Crippen molar-refractivity contribution in [1.82, 2.24) is 4.90 Å². The Morgan fingerprint density at radius 2 is 1.73 bits per heavy atom. The highest BCUT2D eigenvalue weighted by molar-refractivity contribution is 5.77. The van der Waals surface area contributed by atoms with Gasteiger partial charge in [-0.05, 0) is 18.9 Å². The number of carbonyl (C=O) groups excluding carboxylic acids is 2. The van der Waals surface area contributed by atoms with Gasteiger partial charge in [0.2, 0.25) is 5.91 Å². The molecule has 0 N–H and O–H groups in total. The molecule has 122 valence electrons. The van der Waals surface area contributed by atoms with Crippen molar-refractivity contribution in [2.24, 2.45) is 0 Å². The van der Waals surface area contributed by atoms with Crippen LogP contribution in [0, 0.1) is 6.92 Å². The van der Waals surface area contributed by atoms with Gasteiger partial charge >= 0.3 is 5.97 Å². The topological polar surface area (TPSA) is 55.8 Å². The standard InChI is InChI=1S/C17H25NO4/c1-14-4-6-15(7-5-14)8-9-16(19)18(12-13-21-2)11-10-17(20)22-3/h4-7H,8-13H2,1-3H3. The molecule has 0 unspecified atom stereocenters. The number of rotatable bonds is 9. The number of amides is 1. The average molecular weight is 307 g/mol. The van der Waals surface area contributed by atoms with Crippen molar-refractivity contribution in [3.05, 3.63) is 35.4 Å². The molecule has 0 saturated heterocycles. The zero-order valence-electron chi connectivity index (χ0n) is 13.6. The Morgan fingerprint density at radius 3 is 2.32 bits per heavy atom. The minimum Gasteiger partial charge on any atom is -0.469 e. The van der Waals surface area contributed by atoms with Crippen molar-refractivity contribution in [2.75, 3.05) is 33.9 Å². The van der Waals surface area contributed by atoms with Gasteiger partial charge in [0, 0.05) is 26.6 Å². The molecule has 0 atom stereocenters. The molecule has 0 aliphatic heterocycles. The molecule has 5 heteroatoms.